The van der Waals surface area contributed by atoms with Crippen molar-refractivity contribution in [1.82, 2.24) is 14.9 Å². The molecule has 1 aromatic carbocycles. The Morgan fingerprint density at radius 2 is 2.03 bits per heavy atom. The molecule has 0 saturated carbocycles. The van der Waals surface area contributed by atoms with Crippen molar-refractivity contribution in [1.29, 1.82) is 0 Å². The molecular weight excluding hydrogens is 387 g/mol. The molecule has 150 valence electrons. The first kappa shape index (κ1) is 19.5. The van der Waals surface area contributed by atoms with Gasteiger partial charge in [0.2, 0.25) is 5.91 Å². The van der Waals surface area contributed by atoms with Crippen molar-refractivity contribution in [2.24, 2.45) is 0 Å². The van der Waals surface area contributed by atoms with Crippen molar-refractivity contribution in [3.63, 3.8) is 0 Å². The topological polar surface area (TPSA) is 49.3 Å². The Bertz CT molecular complexity index is 1020. The smallest absolute Gasteiger partial charge is 0.228 e. The van der Waals surface area contributed by atoms with E-state index >= 15 is 0 Å². The van der Waals surface area contributed by atoms with E-state index in [0.29, 0.717) is 6.54 Å². The van der Waals surface area contributed by atoms with Crippen molar-refractivity contribution in [2.45, 2.75) is 26.3 Å². The Morgan fingerprint density at radius 1 is 1.21 bits per heavy atom. The Hall–Kier alpha value is -2.80. The standard InChI is InChI=1S/C22H23FN4OS/c1-15-5-3-8-20(24-15)26-9-10-27(16(2)13-26)21(28)12-19-14-29-22(25-19)17-6-4-7-18(23)11-17/h3-8,11,14,16H,9-10,12-13H2,1-2H3. The molecule has 1 aliphatic heterocycles. The number of amides is 1. The van der Waals surface area contributed by atoms with E-state index in [1.54, 1.807) is 6.07 Å². The number of hydrogen-bond acceptors (Lipinski definition) is 5. The summed E-state index contributed by atoms with van der Waals surface area (Å²) in [6.07, 6.45) is 0.263. The molecule has 1 fully saturated rings. The number of carbonyl (C=O) groups excluding carboxylic acids is 1. The average molecular weight is 411 g/mol. The molecule has 3 heterocycles. The summed E-state index contributed by atoms with van der Waals surface area (Å²) in [7, 11) is 0. The van der Waals surface area contributed by atoms with Crippen LogP contribution in [-0.4, -0.2) is 46.5 Å². The van der Waals surface area contributed by atoms with Crippen LogP contribution in [0.15, 0.2) is 47.8 Å². The Morgan fingerprint density at radius 3 is 2.79 bits per heavy atom. The van der Waals surface area contributed by atoms with Gasteiger partial charge in [-0.1, -0.05) is 18.2 Å². The van der Waals surface area contributed by atoms with Crippen LogP contribution in [0.1, 0.15) is 18.3 Å². The number of rotatable bonds is 4. The van der Waals surface area contributed by atoms with Crippen LogP contribution in [0, 0.1) is 12.7 Å². The largest absolute Gasteiger partial charge is 0.353 e. The monoisotopic (exact) mass is 410 g/mol. The first-order chi connectivity index (χ1) is 14.0. The molecule has 4 rings (SSSR count). The molecule has 1 unspecified atom stereocenters. The van der Waals surface area contributed by atoms with Crippen molar-refractivity contribution in [3.05, 3.63) is 65.0 Å². The van der Waals surface area contributed by atoms with Crippen molar-refractivity contribution < 1.29 is 9.18 Å². The number of piperazine rings is 1. The highest BCUT2D eigenvalue weighted by atomic mass is 32.1. The van der Waals surface area contributed by atoms with E-state index < -0.39 is 0 Å². The van der Waals surface area contributed by atoms with Gasteiger partial charge >= 0.3 is 0 Å². The van der Waals surface area contributed by atoms with E-state index in [2.05, 4.69) is 21.8 Å². The van der Waals surface area contributed by atoms with Gasteiger partial charge in [-0.05, 0) is 38.1 Å². The van der Waals surface area contributed by atoms with E-state index in [9.17, 15) is 9.18 Å². The van der Waals surface area contributed by atoms with E-state index in [0.717, 1.165) is 40.9 Å². The van der Waals surface area contributed by atoms with Gasteiger partial charge in [0, 0.05) is 42.3 Å². The number of aromatic nitrogens is 2. The van der Waals surface area contributed by atoms with Crippen LogP contribution in [0.3, 0.4) is 0 Å². The number of thiazole rings is 1. The van der Waals surface area contributed by atoms with Gasteiger partial charge in [-0.15, -0.1) is 11.3 Å². The molecule has 0 N–H and O–H groups in total. The maximum atomic E-state index is 13.4. The summed E-state index contributed by atoms with van der Waals surface area (Å²) in [6.45, 7) is 6.24. The highest BCUT2D eigenvalue weighted by molar-refractivity contribution is 7.13. The van der Waals surface area contributed by atoms with Crippen molar-refractivity contribution >= 4 is 23.1 Å². The molecule has 0 aliphatic carbocycles. The second-order valence-corrected chi connectivity index (χ2v) is 8.21. The number of carbonyl (C=O) groups is 1. The fourth-order valence-corrected chi connectivity index (χ4v) is 4.46. The van der Waals surface area contributed by atoms with Crippen LogP contribution in [0.4, 0.5) is 10.2 Å². The van der Waals surface area contributed by atoms with Crippen molar-refractivity contribution in [2.75, 3.05) is 24.5 Å². The van der Waals surface area contributed by atoms with Gasteiger partial charge in [0.15, 0.2) is 0 Å². The summed E-state index contributed by atoms with van der Waals surface area (Å²) in [4.78, 5) is 26.2. The van der Waals surface area contributed by atoms with Crippen LogP contribution < -0.4 is 4.90 Å². The van der Waals surface area contributed by atoms with Crippen LogP contribution in [0.5, 0.6) is 0 Å². The second-order valence-electron chi connectivity index (χ2n) is 7.35. The number of benzene rings is 1. The third kappa shape index (κ3) is 4.45. The van der Waals surface area contributed by atoms with Gasteiger partial charge in [-0.3, -0.25) is 4.79 Å². The predicted octanol–water partition coefficient (Wildman–Crippen LogP) is 3.93. The zero-order valence-corrected chi connectivity index (χ0v) is 17.3. The highest BCUT2D eigenvalue weighted by Crippen LogP contribution is 2.25. The van der Waals surface area contributed by atoms with Gasteiger partial charge in [-0.25, -0.2) is 14.4 Å². The minimum atomic E-state index is -0.287. The van der Waals surface area contributed by atoms with Crippen LogP contribution in [-0.2, 0) is 11.2 Å². The molecular formula is C22H23FN4OS. The third-order valence-electron chi connectivity index (χ3n) is 5.10. The molecule has 29 heavy (non-hydrogen) atoms. The van der Waals surface area contributed by atoms with E-state index in [1.807, 2.05) is 41.5 Å². The molecule has 1 saturated heterocycles. The minimum absolute atomic E-state index is 0.0745. The highest BCUT2D eigenvalue weighted by Gasteiger charge is 2.28. The first-order valence-corrected chi connectivity index (χ1v) is 10.6. The summed E-state index contributed by atoms with van der Waals surface area (Å²) in [5.41, 5.74) is 2.46. The number of aryl methyl sites for hydroxylation is 1. The normalized spacial score (nSPS) is 16.9. The zero-order chi connectivity index (χ0) is 20.4. The zero-order valence-electron chi connectivity index (χ0n) is 16.5. The Balaban J connectivity index is 1.39. The van der Waals surface area contributed by atoms with Gasteiger partial charge in [0.25, 0.3) is 0 Å². The molecule has 0 bridgehead atoms. The third-order valence-corrected chi connectivity index (χ3v) is 6.04. The number of pyridine rings is 1. The summed E-state index contributed by atoms with van der Waals surface area (Å²) in [6, 6.07) is 12.5. The fourth-order valence-electron chi connectivity index (χ4n) is 3.64. The van der Waals surface area contributed by atoms with Crippen LogP contribution in [0.25, 0.3) is 10.6 Å². The molecule has 5 nitrogen and oxygen atoms in total. The second kappa shape index (κ2) is 8.29. The molecule has 0 spiro atoms. The lowest BCUT2D eigenvalue weighted by Gasteiger charge is -2.40. The minimum Gasteiger partial charge on any atom is -0.353 e. The summed E-state index contributed by atoms with van der Waals surface area (Å²) >= 11 is 1.43. The Labute approximate surface area is 173 Å². The molecule has 2 aromatic heterocycles. The predicted molar refractivity (Wildman–Crippen MR) is 114 cm³/mol. The lowest BCUT2D eigenvalue weighted by molar-refractivity contribution is -0.132. The lowest BCUT2D eigenvalue weighted by atomic mass is 10.1. The van der Waals surface area contributed by atoms with Gasteiger partial charge in [-0.2, -0.15) is 0 Å². The lowest BCUT2D eigenvalue weighted by Crippen LogP contribution is -2.54. The Kier molecular flexibility index (Phi) is 5.58. The molecule has 3 aromatic rings. The maximum Gasteiger partial charge on any atom is 0.228 e. The molecule has 1 atom stereocenters. The van der Waals surface area contributed by atoms with Gasteiger partial charge in [0.1, 0.15) is 16.6 Å². The number of hydrogen-bond donors (Lipinski definition) is 0. The SMILES string of the molecule is Cc1cccc(N2CCN(C(=O)Cc3csc(-c4cccc(F)c4)n3)C(C)C2)n1. The number of anilines is 1. The fraction of sp³-hybridized carbons (Fsp3) is 0.318. The summed E-state index contributed by atoms with van der Waals surface area (Å²) < 4.78 is 13.4. The first-order valence-electron chi connectivity index (χ1n) is 9.68. The molecule has 0 radical (unpaired) electrons. The maximum absolute atomic E-state index is 13.4. The summed E-state index contributed by atoms with van der Waals surface area (Å²) in [5.74, 6) is 0.749. The van der Waals surface area contributed by atoms with E-state index in [1.165, 1.54) is 23.5 Å². The van der Waals surface area contributed by atoms with Crippen LogP contribution >= 0.6 is 11.3 Å². The van der Waals surface area contributed by atoms with Crippen LogP contribution in [0.2, 0.25) is 0 Å². The molecule has 1 aliphatic rings. The average Bonchev–Trinajstić information content (AvgIpc) is 3.16. The summed E-state index contributed by atoms with van der Waals surface area (Å²) in [5, 5.41) is 2.62. The quantitative estimate of drug-likeness (QED) is 0.654. The van der Waals surface area contributed by atoms with Gasteiger partial charge < -0.3 is 9.80 Å². The van der Waals surface area contributed by atoms with E-state index in [4.69, 9.17) is 0 Å². The molecule has 7 heteroatoms. The number of nitrogens with zero attached hydrogens (tertiary/aromatic N) is 4. The molecule has 1 amide bonds. The number of halogens is 1. The van der Waals surface area contributed by atoms with E-state index in [-0.39, 0.29) is 24.2 Å². The van der Waals surface area contributed by atoms with Gasteiger partial charge in [0.05, 0.1) is 12.1 Å². The van der Waals surface area contributed by atoms with Crippen molar-refractivity contribution in [3.8, 4) is 10.6 Å².